The average molecular weight is 387 g/mol. The van der Waals surface area contributed by atoms with E-state index in [9.17, 15) is 9.81 Å². The van der Waals surface area contributed by atoms with Gasteiger partial charge >= 0.3 is 0 Å². The molecule has 1 aromatic carbocycles. The van der Waals surface area contributed by atoms with Gasteiger partial charge in [0.1, 0.15) is 0 Å². The first-order valence-electron chi connectivity index (χ1n) is 10.4. The minimum absolute atomic E-state index is 0.651. The zero-order chi connectivity index (χ0) is 20.5. The summed E-state index contributed by atoms with van der Waals surface area (Å²) in [6.07, 6.45) is 18.7. The Bertz CT molecular complexity index is 546. The van der Waals surface area contributed by atoms with Crippen molar-refractivity contribution in [2.75, 3.05) is 10.0 Å². The van der Waals surface area contributed by atoms with Crippen molar-refractivity contribution >= 4 is 11.4 Å². The molecule has 0 saturated heterocycles. The summed E-state index contributed by atoms with van der Waals surface area (Å²) in [5.74, 6) is 0. The van der Waals surface area contributed by atoms with E-state index in [4.69, 9.17) is 0 Å². The number of hydrogen-bond acceptors (Lipinski definition) is 4. The molecular weight excluding hydrogens is 352 g/mol. The van der Waals surface area contributed by atoms with Crippen molar-refractivity contribution in [1.82, 2.24) is 0 Å². The Balaban J connectivity index is 2.58. The van der Waals surface area contributed by atoms with E-state index in [1.807, 2.05) is 12.2 Å². The van der Waals surface area contributed by atoms with E-state index < -0.39 is 0 Å². The predicted octanol–water partition coefficient (Wildman–Crippen LogP) is 7.63. The van der Waals surface area contributed by atoms with Crippen molar-refractivity contribution in [2.45, 2.75) is 78.1 Å². The fraction of sp³-hybridized carbons (Fsp3) is 0.545. The molecule has 0 fully saturated rings. The van der Waals surface area contributed by atoms with Crippen LogP contribution in [0, 0.1) is 9.81 Å². The summed E-state index contributed by atoms with van der Waals surface area (Å²) in [5.41, 5.74) is 1.30. The number of unbranched alkanes of at least 4 members (excludes halogenated alkanes) is 8. The van der Waals surface area contributed by atoms with E-state index in [2.05, 4.69) is 24.4 Å². The molecule has 0 atom stereocenters. The third-order valence-corrected chi connectivity index (χ3v) is 4.50. The Morgan fingerprint density at radius 3 is 1.39 bits per heavy atom. The van der Waals surface area contributed by atoms with Gasteiger partial charge in [0.25, 0.3) is 0 Å². The molecule has 154 valence electrons. The van der Waals surface area contributed by atoms with Crippen molar-refractivity contribution in [3.05, 3.63) is 58.6 Å². The van der Waals surface area contributed by atoms with Gasteiger partial charge in [-0.05, 0) is 49.9 Å². The molecule has 6 nitrogen and oxygen atoms in total. The molecule has 0 saturated carbocycles. The molecule has 1 aromatic rings. The average Bonchev–Trinajstić information content (AvgIpc) is 2.73. The van der Waals surface area contributed by atoms with Crippen LogP contribution in [-0.4, -0.2) is 0 Å². The van der Waals surface area contributed by atoms with Crippen molar-refractivity contribution < 1.29 is 0 Å². The Morgan fingerprint density at radius 1 is 0.679 bits per heavy atom. The smallest absolute Gasteiger partial charge is 0.0679 e. The van der Waals surface area contributed by atoms with Gasteiger partial charge in [-0.3, -0.25) is 0 Å². The highest BCUT2D eigenvalue weighted by molar-refractivity contribution is 5.57. The Morgan fingerprint density at radius 2 is 1.07 bits per heavy atom. The number of anilines is 2. The summed E-state index contributed by atoms with van der Waals surface area (Å²) in [6, 6.07) is 7.02. The van der Waals surface area contributed by atoms with Crippen molar-refractivity contribution in [3.8, 4) is 0 Å². The van der Waals surface area contributed by atoms with Gasteiger partial charge in [0.05, 0.1) is 21.9 Å². The van der Waals surface area contributed by atoms with Crippen molar-refractivity contribution in [2.24, 2.45) is 10.6 Å². The lowest BCUT2D eigenvalue weighted by Crippen LogP contribution is -2.08. The fourth-order valence-electron chi connectivity index (χ4n) is 2.81. The van der Waals surface area contributed by atoms with Crippen LogP contribution in [0.2, 0.25) is 0 Å². The topological polar surface area (TPSA) is 65.3 Å². The second-order valence-electron chi connectivity index (χ2n) is 6.84. The summed E-state index contributed by atoms with van der Waals surface area (Å²) in [7, 11) is 0. The lowest BCUT2D eigenvalue weighted by molar-refractivity contribution is 0.674. The highest BCUT2D eigenvalue weighted by Gasteiger charge is 2.06. The van der Waals surface area contributed by atoms with E-state index in [1.165, 1.54) is 48.5 Å². The number of benzene rings is 1. The molecule has 0 N–H and O–H groups in total. The Hall–Kier alpha value is -2.50. The Labute approximate surface area is 169 Å². The summed E-state index contributed by atoms with van der Waals surface area (Å²) < 4.78 is 0. The molecule has 0 aliphatic carbocycles. The molecule has 0 unspecified atom stereocenters. The normalized spacial score (nSPS) is 11.2. The maximum absolute atomic E-state index is 11.1. The van der Waals surface area contributed by atoms with Crippen LogP contribution in [0.4, 0.5) is 11.4 Å². The molecule has 0 bridgehead atoms. The van der Waals surface area contributed by atoms with Crippen LogP contribution < -0.4 is 10.0 Å². The summed E-state index contributed by atoms with van der Waals surface area (Å²) in [6.45, 7) is 4.37. The van der Waals surface area contributed by atoms with Crippen molar-refractivity contribution in [3.63, 3.8) is 0 Å². The summed E-state index contributed by atoms with van der Waals surface area (Å²) in [5, 5.41) is 8.71. The number of rotatable bonds is 16. The summed E-state index contributed by atoms with van der Waals surface area (Å²) >= 11 is 0. The monoisotopic (exact) mass is 386 g/mol. The molecule has 0 amide bonds. The standard InChI is InChI=1S/C22H34N4O2/c1-3-5-7-9-11-13-19-25(23-27)21-15-17-22(18-16-21)26(24-28)20-14-12-10-8-6-4-2/h13-20H,3-12H2,1-2H3. The predicted molar refractivity (Wildman–Crippen MR) is 119 cm³/mol. The largest absolute Gasteiger partial charge is 0.205 e. The summed E-state index contributed by atoms with van der Waals surface area (Å²) in [4.78, 5) is 22.3. The highest BCUT2D eigenvalue weighted by atomic mass is 16.3. The number of nitrogens with zero attached hydrogens (tertiary/aromatic N) is 4. The molecular formula is C22H34N4O2. The number of nitroso groups, excluding NO2 is 2. The lowest BCUT2D eigenvalue weighted by atomic mass is 10.1. The maximum Gasteiger partial charge on any atom is 0.0679 e. The van der Waals surface area contributed by atoms with Crippen LogP contribution in [0.5, 0.6) is 0 Å². The van der Waals surface area contributed by atoms with Crippen LogP contribution in [0.1, 0.15) is 78.1 Å². The van der Waals surface area contributed by atoms with E-state index >= 15 is 0 Å². The van der Waals surface area contributed by atoms with Gasteiger partial charge in [0, 0.05) is 12.4 Å². The van der Waals surface area contributed by atoms with Gasteiger partial charge in [0.2, 0.25) is 0 Å². The van der Waals surface area contributed by atoms with E-state index in [0.29, 0.717) is 11.4 Å². The molecule has 0 aliphatic rings. The molecule has 0 heterocycles. The molecule has 6 heteroatoms. The molecule has 0 radical (unpaired) electrons. The molecule has 0 spiro atoms. The van der Waals surface area contributed by atoms with Crippen LogP contribution in [0.15, 0.2) is 59.4 Å². The van der Waals surface area contributed by atoms with Crippen LogP contribution in [0.3, 0.4) is 0 Å². The van der Waals surface area contributed by atoms with Crippen LogP contribution >= 0.6 is 0 Å². The van der Waals surface area contributed by atoms with Gasteiger partial charge in [0.15, 0.2) is 0 Å². The zero-order valence-electron chi connectivity index (χ0n) is 17.3. The van der Waals surface area contributed by atoms with E-state index in [0.717, 1.165) is 25.7 Å². The first kappa shape index (κ1) is 23.5. The quantitative estimate of drug-likeness (QED) is 0.166. The maximum atomic E-state index is 11.1. The molecule has 1 rings (SSSR count). The van der Waals surface area contributed by atoms with E-state index in [-0.39, 0.29) is 0 Å². The van der Waals surface area contributed by atoms with Gasteiger partial charge < -0.3 is 0 Å². The lowest BCUT2D eigenvalue weighted by Gasteiger charge is -2.13. The second kappa shape index (κ2) is 15.5. The van der Waals surface area contributed by atoms with Gasteiger partial charge in [-0.2, -0.15) is 0 Å². The van der Waals surface area contributed by atoms with Gasteiger partial charge in [-0.25, -0.2) is 10.0 Å². The second-order valence-corrected chi connectivity index (χ2v) is 6.84. The number of hydrogen-bond donors (Lipinski definition) is 0. The SMILES string of the molecule is CCCCCCC=CN(N=O)c1ccc(N(C=CCCCCCC)N=O)cc1. The third kappa shape index (κ3) is 9.44. The number of allylic oxidation sites excluding steroid dienone is 2. The van der Waals surface area contributed by atoms with Crippen LogP contribution in [0.25, 0.3) is 0 Å². The fourth-order valence-corrected chi connectivity index (χ4v) is 2.81. The molecule has 28 heavy (non-hydrogen) atoms. The minimum atomic E-state index is 0.651. The molecule has 0 aromatic heterocycles. The Kier molecular flexibility index (Phi) is 13.1. The van der Waals surface area contributed by atoms with Gasteiger partial charge in [-0.1, -0.05) is 64.5 Å². The minimum Gasteiger partial charge on any atom is -0.205 e. The first-order chi connectivity index (χ1) is 13.8. The van der Waals surface area contributed by atoms with E-state index in [1.54, 1.807) is 36.7 Å². The zero-order valence-corrected chi connectivity index (χ0v) is 17.3. The van der Waals surface area contributed by atoms with Gasteiger partial charge in [-0.15, -0.1) is 9.81 Å². The first-order valence-corrected chi connectivity index (χ1v) is 10.4. The van der Waals surface area contributed by atoms with Crippen molar-refractivity contribution in [1.29, 1.82) is 0 Å². The third-order valence-electron chi connectivity index (χ3n) is 4.50. The van der Waals surface area contributed by atoms with Crippen LogP contribution in [-0.2, 0) is 0 Å². The molecule has 0 aliphatic heterocycles. The highest BCUT2D eigenvalue weighted by Crippen LogP contribution is 2.22.